The van der Waals surface area contributed by atoms with Crippen molar-refractivity contribution in [3.05, 3.63) is 29.2 Å². The molecule has 2 aromatic rings. The third-order valence-electron chi connectivity index (χ3n) is 4.22. The topological polar surface area (TPSA) is 109 Å². The molecular weight excluding hydrogens is 318 g/mol. The summed E-state index contributed by atoms with van der Waals surface area (Å²) >= 11 is 0. The van der Waals surface area contributed by atoms with Crippen LogP contribution in [0.15, 0.2) is 12.3 Å². The normalized spacial score (nSPS) is 14.8. The Morgan fingerprint density at radius 2 is 1.92 bits per heavy atom. The average molecular weight is 339 g/mol. The molecule has 0 bridgehead atoms. The second-order valence-electron chi connectivity index (χ2n) is 6.31. The van der Waals surface area contributed by atoms with Crippen molar-refractivity contribution < 1.29 is 4.79 Å². The molecule has 2 amide bonds. The van der Waals surface area contributed by atoms with Gasteiger partial charge in [-0.2, -0.15) is 15.0 Å². The number of rotatable bonds is 3. The zero-order chi connectivity index (χ0) is 17.8. The molecule has 0 saturated heterocycles. The number of carbonyl (C=O) groups is 1. The molecule has 1 aliphatic rings. The van der Waals surface area contributed by atoms with E-state index < -0.39 is 0 Å². The molecule has 0 aliphatic heterocycles. The highest BCUT2D eigenvalue weighted by molar-refractivity contribution is 5.90. The van der Waals surface area contributed by atoms with Gasteiger partial charge in [0.05, 0.1) is 6.20 Å². The number of hydrogen-bond acceptors (Lipinski definition) is 5. The SMILES string of the molecule is Cc1cc(C)nc(-n2ncc(C#N)c2NC(=O)NC2CCCCC2)n1. The predicted molar refractivity (Wildman–Crippen MR) is 92.4 cm³/mol. The van der Waals surface area contributed by atoms with Gasteiger partial charge in [0, 0.05) is 17.4 Å². The van der Waals surface area contributed by atoms with Crippen molar-refractivity contribution in [2.24, 2.45) is 0 Å². The summed E-state index contributed by atoms with van der Waals surface area (Å²) in [7, 11) is 0. The van der Waals surface area contributed by atoms with Crippen LogP contribution in [0.1, 0.15) is 49.1 Å². The summed E-state index contributed by atoms with van der Waals surface area (Å²) in [5.41, 5.74) is 1.84. The average Bonchev–Trinajstić information content (AvgIpc) is 2.97. The van der Waals surface area contributed by atoms with Crippen molar-refractivity contribution in [3.63, 3.8) is 0 Å². The van der Waals surface area contributed by atoms with Crippen molar-refractivity contribution in [3.8, 4) is 12.0 Å². The van der Waals surface area contributed by atoms with E-state index in [1.54, 1.807) is 0 Å². The Bertz CT molecular complexity index is 795. The number of carbonyl (C=O) groups excluding carboxylic acids is 1. The maximum Gasteiger partial charge on any atom is 0.320 e. The van der Waals surface area contributed by atoms with E-state index in [-0.39, 0.29) is 23.5 Å². The van der Waals surface area contributed by atoms with Gasteiger partial charge in [-0.1, -0.05) is 19.3 Å². The van der Waals surface area contributed by atoms with Crippen LogP contribution in [0.25, 0.3) is 5.95 Å². The van der Waals surface area contributed by atoms with Gasteiger partial charge in [0.25, 0.3) is 5.95 Å². The first-order valence-corrected chi connectivity index (χ1v) is 8.45. The zero-order valence-electron chi connectivity index (χ0n) is 14.4. The van der Waals surface area contributed by atoms with Crippen molar-refractivity contribution in [2.45, 2.75) is 52.0 Å². The molecule has 1 saturated carbocycles. The number of urea groups is 1. The summed E-state index contributed by atoms with van der Waals surface area (Å²) in [4.78, 5) is 21.0. The Hall–Kier alpha value is -2.95. The summed E-state index contributed by atoms with van der Waals surface area (Å²) in [6, 6.07) is 3.73. The molecule has 0 unspecified atom stereocenters. The van der Waals surface area contributed by atoms with Gasteiger partial charge < -0.3 is 5.32 Å². The van der Waals surface area contributed by atoms with Gasteiger partial charge in [-0.3, -0.25) is 5.32 Å². The number of nitriles is 1. The molecule has 0 atom stereocenters. The number of nitrogens with zero attached hydrogens (tertiary/aromatic N) is 5. The highest BCUT2D eigenvalue weighted by atomic mass is 16.2. The third-order valence-corrected chi connectivity index (χ3v) is 4.22. The van der Waals surface area contributed by atoms with E-state index in [0.717, 1.165) is 37.1 Å². The zero-order valence-corrected chi connectivity index (χ0v) is 14.4. The van der Waals surface area contributed by atoms with Gasteiger partial charge >= 0.3 is 6.03 Å². The summed E-state index contributed by atoms with van der Waals surface area (Å²) in [6.07, 6.45) is 6.84. The highest BCUT2D eigenvalue weighted by Crippen LogP contribution is 2.20. The van der Waals surface area contributed by atoms with Gasteiger partial charge in [0.1, 0.15) is 11.6 Å². The van der Waals surface area contributed by atoms with E-state index in [1.165, 1.54) is 17.3 Å². The Morgan fingerprint density at radius 3 is 2.56 bits per heavy atom. The van der Waals surface area contributed by atoms with Crippen LogP contribution in [0.3, 0.4) is 0 Å². The Kier molecular flexibility index (Phi) is 4.93. The number of hydrogen-bond donors (Lipinski definition) is 2. The standard InChI is InChI=1S/C17H21N7O/c1-11-8-12(2)21-16(20-11)24-15(13(9-18)10-19-24)23-17(25)22-14-6-4-3-5-7-14/h8,10,14H,3-7H2,1-2H3,(H2,22,23,25). The minimum absolute atomic E-state index is 0.174. The lowest BCUT2D eigenvalue weighted by Crippen LogP contribution is -2.39. The van der Waals surface area contributed by atoms with E-state index in [0.29, 0.717) is 5.95 Å². The fourth-order valence-electron chi connectivity index (χ4n) is 3.08. The molecule has 3 rings (SSSR count). The van der Waals surface area contributed by atoms with Crippen LogP contribution in [0, 0.1) is 25.2 Å². The number of anilines is 1. The Morgan fingerprint density at radius 1 is 1.24 bits per heavy atom. The number of amides is 2. The largest absolute Gasteiger partial charge is 0.335 e. The van der Waals surface area contributed by atoms with Crippen LogP contribution in [0.4, 0.5) is 10.6 Å². The lowest BCUT2D eigenvalue weighted by Gasteiger charge is -2.22. The minimum atomic E-state index is -0.338. The van der Waals surface area contributed by atoms with Gasteiger partial charge in [0.2, 0.25) is 0 Å². The van der Waals surface area contributed by atoms with Gasteiger partial charge in [-0.05, 0) is 32.8 Å². The number of nitrogens with one attached hydrogen (secondary N) is 2. The lowest BCUT2D eigenvalue weighted by atomic mass is 9.96. The van der Waals surface area contributed by atoms with Crippen molar-refractivity contribution in [2.75, 3.05) is 5.32 Å². The summed E-state index contributed by atoms with van der Waals surface area (Å²) in [5.74, 6) is 0.604. The van der Waals surface area contributed by atoms with Crippen LogP contribution < -0.4 is 10.6 Å². The monoisotopic (exact) mass is 339 g/mol. The summed E-state index contributed by atoms with van der Waals surface area (Å²) in [6.45, 7) is 3.71. The van der Waals surface area contributed by atoms with Crippen LogP contribution in [-0.4, -0.2) is 31.8 Å². The van der Waals surface area contributed by atoms with E-state index >= 15 is 0 Å². The second-order valence-corrected chi connectivity index (χ2v) is 6.31. The molecular formula is C17H21N7O. The minimum Gasteiger partial charge on any atom is -0.335 e. The molecule has 1 aliphatic carbocycles. The molecule has 8 heteroatoms. The van der Waals surface area contributed by atoms with E-state index in [2.05, 4.69) is 25.7 Å². The predicted octanol–water partition coefficient (Wildman–Crippen LogP) is 2.61. The Labute approximate surface area is 146 Å². The van der Waals surface area contributed by atoms with Crippen LogP contribution >= 0.6 is 0 Å². The quantitative estimate of drug-likeness (QED) is 0.893. The van der Waals surface area contributed by atoms with Crippen LogP contribution in [-0.2, 0) is 0 Å². The maximum atomic E-state index is 12.4. The molecule has 0 aromatic carbocycles. The van der Waals surface area contributed by atoms with Crippen molar-refractivity contribution in [1.82, 2.24) is 25.1 Å². The number of aryl methyl sites for hydroxylation is 2. The molecule has 0 radical (unpaired) electrons. The van der Waals surface area contributed by atoms with E-state index in [4.69, 9.17) is 0 Å². The summed E-state index contributed by atoms with van der Waals surface area (Å²) in [5, 5.41) is 19.2. The lowest BCUT2D eigenvalue weighted by molar-refractivity contribution is 0.244. The smallest absolute Gasteiger partial charge is 0.320 e. The van der Waals surface area contributed by atoms with Gasteiger partial charge in [-0.15, -0.1) is 0 Å². The highest BCUT2D eigenvalue weighted by Gasteiger charge is 2.20. The van der Waals surface area contributed by atoms with Gasteiger partial charge in [-0.25, -0.2) is 14.8 Å². The first-order valence-electron chi connectivity index (χ1n) is 8.45. The number of aromatic nitrogens is 4. The molecule has 0 spiro atoms. The van der Waals surface area contributed by atoms with Crippen molar-refractivity contribution >= 4 is 11.8 Å². The maximum absolute atomic E-state index is 12.4. The molecule has 2 heterocycles. The van der Waals surface area contributed by atoms with E-state index in [9.17, 15) is 10.1 Å². The summed E-state index contributed by atoms with van der Waals surface area (Å²) < 4.78 is 1.39. The molecule has 25 heavy (non-hydrogen) atoms. The molecule has 2 N–H and O–H groups in total. The first kappa shape index (κ1) is 16.9. The molecule has 2 aromatic heterocycles. The molecule has 130 valence electrons. The second kappa shape index (κ2) is 7.30. The van der Waals surface area contributed by atoms with E-state index in [1.807, 2.05) is 26.0 Å². The van der Waals surface area contributed by atoms with Gasteiger partial charge in [0.15, 0.2) is 5.82 Å². The van der Waals surface area contributed by atoms with Crippen molar-refractivity contribution in [1.29, 1.82) is 5.26 Å². The molecule has 8 nitrogen and oxygen atoms in total. The molecule has 1 fully saturated rings. The fraction of sp³-hybridized carbons (Fsp3) is 0.471. The Balaban J connectivity index is 1.83. The first-order chi connectivity index (χ1) is 12.1. The van der Waals surface area contributed by atoms with Crippen LogP contribution in [0.2, 0.25) is 0 Å². The third kappa shape index (κ3) is 3.94. The van der Waals surface area contributed by atoms with Crippen LogP contribution in [0.5, 0.6) is 0 Å². The fourth-order valence-corrected chi connectivity index (χ4v) is 3.08.